The van der Waals surface area contributed by atoms with Crippen molar-refractivity contribution in [3.63, 3.8) is 0 Å². The van der Waals surface area contributed by atoms with E-state index in [1.807, 2.05) is 12.1 Å². The molecule has 2 heterocycles. The number of ether oxygens (including phenoxy) is 2. The molecule has 0 saturated carbocycles. The number of pyridine rings is 1. The van der Waals surface area contributed by atoms with Gasteiger partial charge in [0.25, 0.3) is 0 Å². The minimum absolute atomic E-state index is 0.0133. The molecule has 8 heteroatoms. The summed E-state index contributed by atoms with van der Waals surface area (Å²) in [7, 11) is 3.51. The minimum atomic E-state index is -0.530. The number of nitrogens with zero attached hydrogens (tertiary/aromatic N) is 4. The molecule has 0 N–H and O–H groups in total. The Morgan fingerprint density at radius 2 is 2.06 bits per heavy atom. The van der Waals surface area contributed by atoms with Gasteiger partial charge < -0.3 is 19.3 Å². The first kappa shape index (κ1) is 22.2. The molecule has 33 heavy (non-hydrogen) atoms. The molecule has 1 aliphatic rings. The average Bonchev–Trinajstić information content (AvgIpc) is 2.84. The van der Waals surface area contributed by atoms with Gasteiger partial charge in [-0.05, 0) is 48.4 Å². The Balaban J connectivity index is 1.44. The number of carbonyl (C=O) groups excluding carboxylic acids is 1. The van der Waals surface area contributed by atoms with Crippen molar-refractivity contribution in [2.75, 3.05) is 32.2 Å². The Labute approximate surface area is 191 Å². The number of amides is 1. The third kappa shape index (κ3) is 4.94. The van der Waals surface area contributed by atoms with Gasteiger partial charge in [0, 0.05) is 32.0 Å². The smallest absolute Gasteiger partial charge is 0.248 e. The van der Waals surface area contributed by atoms with E-state index in [9.17, 15) is 14.4 Å². The van der Waals surface area contributed by atoms with Crippen molar-refractivity contribution in [3.05, 3.63) is 77.7 Å². The number of rotatable bonds is 6. The fraction of sp³-hybridized carbons (Fsp3) is 0.240. The molecule has 0 spiro atoms. The average molecular weight is 446 g/mol. The van der Waals surface area contributed by atoms with Crippen LogP contribution in [0.15, 0.2) is 60.8 Å². The van der Waals surface area contributed by atoms with Gasteiger partial charge in [-0.25, -0.2) is 9.37 Å². The van der Waals surface area contributed by atoms with Crippen LogP contribution in [-0.4, -0.2) is 49.1 Å². The van der Waals surface area contributed by atoms with Crippen LogP contribution >= 0.6 is 0 Å². The maximum Gasteiger partial charge on any atom is 0.248 e. The number of anilines is 2. The van der Waals surface area contributed by atoms with Gasteiger partial charge in [-0.3, -0.25) is 4.79 Å². The van der Waals surface area contributed by atoms with E-state index in [4.69, 9.17) is 9.47 Å². The summed E-state index contributed by atoms with van der Waals surface area (Å²) in [4.78, 5) is 19.4. The SMILES string of the molecule is CN(c1ccc(Oc2ccc(CC3COCC(=O)N3C)cc2)c(F)c1)c1ncccc1C#N. The first-order valence-corrected chi connectivity index (χ1v) is 10.4. The zero-order valence-corrected chi connectivity index (χ0v) is 18.4. The molecule has 1 atom stereocenters. The van der Waals surface area contributed by atoms with Crippen LogP contribution in [0.25, 0.3) is 0 Å². The maximum atomic E-state index is 14.8. The monoisotopic (exact) mass is 446 g/mol. The topological polar surface area (TPSA) is 78.7 Å². The van der Waals surface area contributed by atoms with Crippen molar-refractivity contribution >= 4 is 17.4 Å². The van der Waals surface area contributed by atoms with Crippen molar-refractivity contribution in [2.45, 2.75) is 12.5 Å². The Morgan fingerprint density at radius 3 is 2.79 bits per heavy atom. The van der Waals surface area contributed by atoms with Crippen LogP contribution in [0.3, 0.4) is 0 Å². The van der Waals surface area contributed by atoms with Crippen molar-refractivity contribution in [2.24, 2.45) is 0 Å². The van der Waals surface area contributed by atoms with Crippen LogP contribution in [0.5, 0.6) is 11.5 Å². The number of hydrogen-bond acceptors (Lipinski definition) is 6. The van der Waals surface area contributed by atoms with Crippen LogP contribution in [0, 0.1) is 17.1 Å². The standard InChI is InChI=1S/C25H23FN4O3/c1-29-20(15-32-16-24(29)31)12-17-5-8-21(9-6-17)33-23-10-7-19(13-22(23)26)30(2)25-18(14-27)4-3-11-28-25/h3-11,13,20H,12,15-16H2,1-2H3. The number of halogens is 1. The van der Waals surface area contributed by atoms with E-state index in [1.165, 1.54) is 6.07 Å². The summed E-state index contributed by atoms with van der Waals surface area (Å²) in [5, 5.41) is 9.28. The van der Waals surface area contributed by atoms with E-state index >= 15 is 0 Å². The highest BCUT2D eigenvalue weighted by Gasteiger charge is 2.25. The number of carbonyl (C=O) groups is 1. The lowest BCUT2D eigenvalue weighted by molar-refractivity contribution is -0.145. The molecule has 7 nitrogen and oxygen atoms in total. The molecule has 0 aliphatic carbocycles. The predicted molar refractivity (Wildman–Crippen MR) is 121 cm³/mol. The number of benzene rings is 2. The van der Waals surface area contributed by atoms with Gasteiger partial charge in [0.2, 0.25) is 5.91 Å². The Bertz CT molecular complexity index is 1190. The maximum absolute atomic E-state index is 14.8. The van der Waals surface area contributed by atoms with Crippen molar-refractivity contribution in [1.29, 1.82) is 5.26 Å². The van der Waals surface area contributed by atoms with Crippen LogP contribution in [-0.2, 0) is 16.0 Å². The molecule has 168 valence electrons. The number of likely N-dealkylation sites (N-methyl/N-ethyl adjacent to an activating group) is 1. The predicted octanol–water partition coefficient (Wildman–Crippen LogP) is 4.05. The van der Waals surface area contributed by atoms with Gasteiger partial charge in [0.1, 0.15) is 18.4 Å². The third-order valence-electron chi connectivity index (χ3n) is 5.63. The molecule has 0 radical (unpaired) electrons. The Kier molecular flexibility index (Phi) is 6.52. The molecule has 1 aromatic heterocycles. The summed E-state index contributed by atoms with van der Waals surface area (Å²) in [6, 6.07) is 17.3. The molecule has 3 aromatic rings. The summed E-state index contributed by atoms with van der Waals surface area (Å²) in [6.45, 7) is 0.627. The van der Waals surface area contributed by atoms with E-state index < -0.39 is 5.82 Å². The normalized spacial score (nSPS) is 15.8. The zero-order valence-electron chi connectivity index (χ0n) is 18.4. The second-order valence-electron chi connectivity index (χ2n) is 7.78. The highest BCUT2D eigenvalue weighted by atomic mass is 19.1. The molecule has 0 bridgehead atoms. The Hall–Kier alpha value is -3.96. The summed E-state index contributed by atoms with van der Waals surface area (Å²) in [6.07, 6.45) is 2.25. The highest BCUT2D eigenvalue weighted by Crippen LogP contribution is 2.31. The fourth-order valence-electron chi connectivity index (χ4n) is 3.64. The van der Waals surface area contributed by atoms with E-state index in [0.29, 0.717) is 35.8 Å². The Morgan fingerprint density at radius 1 is 1.27 bits per heavy atom. The number of hydrogen-bond donors (Lipinski definition) is 0. The number of nitriles is 1. The van der Waals surface area contributed by atoms with Crippen LogP contribution < -0.4 is 9.64 Å². The zero-order chi connectivity index (χ0) is 23.4. The lowest BCUT2D eigenvalue weighted by atomic mass is 10.0. The largest absolute Gasteiger partial charge is 0.454 e. The summed E-state index contributed by atoms with van der Waals surface area (Å²) < 4.78 is 25.8. The van der Waals surface area contributed by atoms with E-state index in [1.54, 1.807) is 66.5 Å². The van der Waals surface area contributed by atoms with Gasteiger partial charge in [0.15, 0.2) is 17.4 Å². The summed E-state index contributed by atoms with van der Waals surface area (Å²) in [5.74, 6) is 0.478. The second-order valence-corrected chi connectivity index (χ2v) is 7.78. The molecule has 4 rings (SSSR count). The lowest BCUT2D eigenvalue weighted by Gasteiger charge is -2.32. The van der Waals surface area contributed by atoms with Gasteiger partial charge in [-0.15, -0.1) is 0 Å². The second kappa shape index (κ2) is 9.67. The minimum Gasteiger partial charge on any atom is -0.454 e. The molecule has 1 unspecified atom stereocenters. The molecule has 1 aliphatic heterocycles. The molecular weight excluding hydrogens is 423 g/mol. The lowest BCUT2D eigenvalue weighted by Crippen LogP contribution is -2.47. The summed E-state index contributed by atoms with van der Waals surface area (Å²) >= 11 is 0. The van der Waals surface area contributed by atoms with Crippen LogP contribution in [0.4, 0.5) is 15.9 Å². The van der Waals surface area contributed by atoms with Crippen molar-refractivity contribution in [1.82, 2.24) is 9.88 Å². The van der Waals surface area contributed by atoms with Gasteiger partial charge in [-0.2, -0.15) is 5.26 Å². The molecule has 1 fully saturated rings. The third-order valence-corrected chi connectivity index (χ3v) is 5.63. The first-order valence-electron chi connectivity index (χ1n) is 10.4. The van der Waals surface area contributed by atoms with Gasteiger partial charge >= 0.3 is 0 Å². The van der Waals surface area contributed by atoms with E-state index in [2.05, 4.69) is 11.1 Å². The van der Waals surface area contributed by atoms with E-state index in [-0.39, 0.29) is 24.3 Å². The molecular formula is C25H23FN4O3. The fourth-order valence-corrected chi connectivity index (χ4v) is 3.64. The van der Waals surface area contributed by atoms with Crippen LogP contribution in [0.1, 0.15) is 11.1 Å². The quantitative estimate of drug-likeness (QED) is 0.568. The van der Waals surface area contributed by atoms with E-state index in [0.717, 1.165) is 5.56 Å². The molecule has 1 saturated heterocycles. The first-order chi connectivity index (χ1) is 16.0. The van der Waals surface area contributed by atoms with Crippen LogP contribution in [0.2, 0.25) is 0 Å². The summed E-state index contributed by atoms with van der Waals surface area (Å²) in [5.41, 5.74) is 1.97. The van der Waals surface area contributed by atoms with Crippen molar-refractivity contribution < 1.29 is 18.7 Å². The van der Waals surface area contributed by atoms with Crippen molar-refractivity contribution in [3.8, 4) is 17.6 Å². The number of aromatic nitrogens is 1. The van der Waals surface area contributed by atoms with Gasteiger partial charge in [-0.1, -0.05) is 12.1 Å². The van der Waals surface area contributed by atoms with Gasteiger partial charge in [0.05, 0.1) is 18.2 Å². The highest BCUT2D eigenvalue weighted by molar-refractivity contribution is 5.78. The molecule has 1 amide bonds. The molecule has 2 aromatic carbocycles. The number of morpholine rings is 1.